The second-order valence-corrected chi connectivity index (χ2v) is 6.81. The average Bonchev–Trinajstić information content (AvgIpc) is 3.24. The largest absolute Gasteiger partial charge is 0.490 e. The normalized spacial score (nSPS) is 15.4. The molecular formula is C20H17ClN2O3. The molecule has 3 aromatic rings. The van der Waals surface area contributed by atoms with E-state index in [0.717, 1.165) is 28.9 Å². The zero-order valence-corrected chi connectivity index (χ0v) is 15.1. The van der Waals surface area contributed by atoms with Crippen LogP contribution in [0.4, 0.5) is 5.69 Å². The molecule has 0 unspecified atom stereocenters. The number of nitrogens with zero attached hydrogens (tertiary/aromatic N) is 1. The summed E-state index contributed by atoms with van der Waals surface area (Å²) in [5.41, 5.74) is 3.66. The number of anilines is 1. The minimum atomic E-state index is -0.344. The highest BCUT2D eigenvalue weighted by Crippen LogP contribution is 2.33. The number of carbonyl (C=O) groups is 1. The lowest BCUT2D eigenvalue weighted by atomic mass is 10.1. The van der Waals surface area contributed by atoms with Crippen molar-refractivity contribution in [2.75, 3.05) is 5.32 Å². The summed E-state index contributed by atoms with van der Waals surface area (Å²) < 4.78 is 11.1. The van der Waals surface area contributed by atoms with Gasteiger partial charge in [-0.2, -0.15) is 0 Å². The summed E-state index contributed by atoms with van der Waals surface area (Å²) >= 11 is 6.09. The van der Waals surface area contributed by atoms with Crippen LogP contribution in [0.25, 0.3) is 11.3 Å². The fraction of sp³-hybridized carbons (Fsp3) is 0.200. The van der Waals surface area contributed by atoms with Crippen molar-refractivity contribution in [1.82, 2.24) is 5.16 Å². The van der Waals surface area contributed by atoms with E-state index in [2.05, 4.69) is 10.5 Å². The first kappa shape index (κ1) is 16.7. The highest BCUT2D eigenvalue weighted by molar-refractivity contribution is 6.31. The number of ether oxygens (including phenoxy) is 1. The summed E-state index contributed by atoms with van der Waals surface area (Å²) in [5, 5.41) is 7.31. The Morgan fingerprint density at radius 1 is 1.27 bits per heavy atom. The predicted octanol–water partition coefficient (Wildman–Crippen LogP) is 4.88. The maximum atomic E-state index is 12.5. The van der Waals surface area contributed by atoms with E-state index in [4.69, 9.17) is 20.9 Å². The minimum Gasteiger partial charge on any atom is -0.490 e. The maximum Gasteiger partial charge on any atom is 0.277 e. The maximum absolute atomic E-state index is 12.5. The van der Waals surface area contributed by atoms with Crippen molar-refractivity contribution in [1.29, 1.82) is 0 Å². The first-order valence-electron chi connectivity index (χ1n) is 8.34. The summed E-state index contributed by atoms with van der Waals surface area (Å²) in [5.74, 6) is 1.10. The van der Waals surface area contributed by atoms with Crippen LogP contribution in [0.3, 0.4) is 0 Å². The molecule has 4 rings (SSSR count). The van der Waals surface area contributed by atoms with Gasteiger partial charge in [-0.3, -0.25) is 4.79 Å². The Bertz CT molecular complexity index is 996. The minimum absolute atomic E-state index is 0.178. The molecule has 132 valence electrons. The molecular weight excluding hydrogens is 352 g/mol. The van der Waals surface area contributed by atoms with Crippen molar-refractivity contribution in [3.63, 3.8) is 0 Å². The van der Waals surface area contributed by atoms with Gasteiger partial charge in [-0.25, -0.2) is 0 Å². The summed E-state index contributed by atoms with van der Waals surface area (Å²) in [4.78, 5) is 12.5. The lowest BCUT2D eigenvalue weighted by Crippen LogP contribution is -2.13. The summed E-state index contributed by atoms with van der Waals surface area (Å²) in [6, 6.07) is 12.8. The third kappa shape index (κ3) is 3.06. The van der Waals surface area contributed by atoms with Gasteiger partial charge in [0.25, 0.3) is 5.91 Å². The third-order valence-electron chi connectivity index (χ3n) is 4.44. The molecule has 0 aliphatic carbocycles. The molecule has 1 aliphatic rings. The Morgan fingerprint density at radius 2 is 2.12 bits per heavy atom. The van der Waals surface area contributed by atoms with Crippen LogP contribution >= 0.6 is 11.6 Å². The second kappa shape index (κ2) is 6.50. The molecule has 0 bridgehead atoms. The van der Waals surface area contributed by atoms with Crippen molar-refractivity contribution in [2.45, 2.75) is 26.4 Å². The van der Waals surface area contributed by atoms with Crippen molar-refractivity contribution in [3.05, 3.63) is 64.3 Å². The molecule has 6 heteroatoms. The highest BCUT2D eigenvalue weighted by Gasteiger charge is 2.21. The summed E-state index contributed by atoms with van der Waals surface area (Å²) in [6.07, 6.45) is 1.04. The van der Waals surface area contributed by atoms with Crippen LogP contribution in [0.2, 0.25) is 5.02 Å². The van der Waals surface area contributed by atoms with Crippen LogP contribution in [0.5, 0.6) is 5.75 Å². The number of rotatable bonds is 3. The fourth-order valence-corrected chi connectivity index (χ4v) is 3.20. The predicted molar refractivity (Wildman–Crippen MR) is 99.9 cm³/mol. The molecule has 1 aromatic heterocycles. The number of hydrogen-bond donors (Lipinski definition) is 1. The van der Waals surface area contributed by atoms with E-state index >= 15 is 0 Å². The second-order valence-electron chi connectivity index (χ2n) is 6.40. The molecule has 1 amide bonds. The molecule has 0 saturated carbocycles. The smallest absolute Gasteiger partial charge is 0.277 e. The van der Waals surface area contributed by atoms with Crippen molar-refractivity contribution < 1.29 is 14.1 Å². The molecule has 0 saturated heterocycles. The molecule has 1 N–H and O–H groups in total. The van der Waals surface area contributed by atoms with Crippen LogP contribution in [0.1, 0.15) is 28.5 Å². The van der Waals surface area contributed by atoms with Crippen LogP contribution in [-0.2, 0) is 6.42 Å². The monoisotopic (exact) mass is 368 g/mol. The molecule has 0 radical (unpaired) electrons. The van der Waals surface area contributed by atoms with E-state index in [9.17, 15) is 4.79 Å². The third-order valence-corrected chi connectivity index (χ3v) is 4.85. The Morgan fingerprint density at radius 3 is 2.96 bits per heavy atom. The number of benzene rings is 2. The van der Waals surface area contributed by atoms with Gasteiger partial charge in [0.15, 0.2) is 11.5 Å². The van der Waals surface area contributed by atoms with E-state index in [1.54, 1.807) is 24.3 Å². The standard InChI is InChI=1S/C20H17ClN2O3/c1-11-8-14-9-13(6-7-18(14)25-11)19-10-17(23-26-19)20(24)22-16-5-3-4-15(21)12(16)2/h3-7,9-11H,8H2,1-2H3,(H,22,24)/t11-/m1/s1. The quantitative estimate of drug-likeness (QED) is 0.715. The van der Waals surface area contributed by atoms with E-state index in [-0.39, 0.29) is 17.7 Å². The molecule has 0 spiro atoms. The number of halogens is 1. The van der Waals surface area contributed by atoms with E-state index < -0.39 is 0 Å². The van der Waals surface area contributed by atoms with Crippen molar-refractivity contribution >= 4 is 23.2 Å². The summed E-state index contributed by atoms with van der Waals surface area (Å²) in [6.45, 7) is 3.88. The van der Waals surface area contributed by atoms with Gasteiger partial charge in [0.05, 0.1) is 0 Å². The first-order valence-corrected chi connectivity index (χ1v) is 8.72. The van der Waals surface area contributed by atoms with Gasteiger partial charge in [0.2, 0.25) is 0 Å². The number of hydrogen-bond acceptors (Lipinski definition) is 4. The van der Waals surface area contributed by atoms with E-state index in [0.29, 0.717) is 16.5 Å². The molecule has 2 aromatic carbocycles. The zero-order chi connectivity index (χ0) is 18.3. The van der Waals surface area contributed by atoms with Crippen LogP contribution in [0.15, 0.2) is 47.0 Å². The molecule has 0 fully saturated rings. The zero-order valence-electron chi connectivity index (χ0n) is 14.4. The topological polar surface area (TPSA) is 64.4 Å². The molecule has 2 heterocycles. The van der Waals surface area contributed by atoms with Crippen molar-refractivity contribution in [3.8, 4) is 17.1 Å². The number of carbonyl (C=O) groups excluding carboxylic acids is 1. The molecule has 1 aliphatic heterocycles. The lowest BCUT2D eigenvalue weighted by Gasteiger charge is -2.07. The Balaban J connectivity index is 1.56. The van der Waals surface area contributed by atoms with Gasteiger partial charge in [0.1, 0.15) is 11.9 Å². The first-order chi connectivity index (χ1) is 12.5. The van der Waals surface area contributed by atoms with Gasteiger partial charge >= 0.3 is 0 Å². The summed E-state index contributed by atoms with van der Waals surface area (Å²) in [7, 11) is 0. The van der Waals surface area contributed by atoms with E-state index in [1.165, 1.54) is 0 Å². The number of fused-ring (bicyclic) bond motifs is 1. The Kier molecular flexibility index (Phi) is 4.17. The molecule has 1 atom stereocenters. The van der Waals surface area contributed by atoms with E-state index in [1.807, 2.05) is 32.0 Å². The number of nitrogens with one attached hydrogen (secondary N) is 1. The number of amides is 1. The Hall–Kier alpha value is -2.79. The van der Waals surface area contributed by atoms with Crippen molar-refractivity contribution in [2.24, 2.45) is 0 Å². The number of aromatic nitrogens is 1. The van der Waals surface area contributed by atoms with Gasteiger partial charge in [-0.05, 0) is 55.3 Å². The Labute approximate surface area is 155 Å². The van der Waals surface area contributed by atoms with Crippen LogP contribution in [-0.4, -0.2) is 17.2 Å². The van der Waals surface area contributed by atoms with Gasteiger partial charge in [-0.15, -0.1) is 0 Å². The SMILES string of the molecule is Cc1c(Cl)cccc1NC(=O)c1cc(-c2ccc3c(c2)C[C@@H](C)O3)on1. The van der Waals surface area contributed by atoms with Gasteiger partial charge in [-0.1, -0.05) is 22.8 Å². The molecule has 5 nitrogen and oxygen atoms in total. The fourth-order valence-electron chi connectivity index (χ4n) is 3.02. The molecule has 26 heavy (non-hydrogen) atoms. The van der Waals surface area contributed by atoms with Crippen LogP contribution < -0.4 is 10.1 Å². The highest BCUT2D eigenvalue weighted by atomic mass is 35.5. The van der Waals surface area contributed by atoms with Gasteiger partial charge in [0, 0.05) is 28.8 Å². The lowest BCUT2D eigenvalue weighted by molar-refractivity contribution is 0.101. The van der Waals surface area contributed by atoms with Gasteiger partial charge < -0.3 is 14.6 Å². The van der Waals surface area contributed by atoms with Crippen LogP contribution in [0, 0.1) is 6.92 Å². The average molecular weight is 369 g/mol.